The van der Waals surface area contributed by atoms with Crippen molar-refractivity contribution < 1.29 is 14.3 Å². The van der Waals surface area contributed by atoms with Gasteiger partial charge >= 0.3 is 0 Å². The standard InChI is InChI=1S/C29H34N2O3S/c1-22(2)30-29(33)27(18-23-11-6-4-7-12-23)31(19-25-15-10-16-26(17-25)34-3)28(32)21-35-20-24-13-8-5-9-14-24/h4-17,22,27H,18-21H2,1-3H3,(H,30,33). The Balaban J connectivity index is 1.86. The van der Waals surface area contributed by atoms with Gasteiger partial charge in [0.1, 0.15) is 11.8 Å². The van der Waals surface area contributed by atoms with E-state index in [0.29, 0.717) is 18.7 Å². The largest absolute Gasteiger partial charge is 0.497 e. The molecule has 0 bridgehead atoms. The fraction of sp³-hybridized carbons (Fsp3) is 0.310. The number of nitrogens with one attached hydrogen (secondary N) is 1. The van der Waals surface area contributed by atoms with Crippen molar-refractivity contribution in [3.63, 3.8) is 0 Å². The molecule has 1 atom stereocenters. The molecular formula is C29H34N2O3S. The molecule has 3 aromatic carbocycles. The van der Waals surface area contributed by atoms with Gasteiger partial charge in [-0.05, 0) is 42.7 Å². The third-order valence-electron chi connectivity index (χ3n) is 5.53. The molecule has 1 unspecified atom stereocenters. The summed E-state index contributed by atoms with van der Waals surface area (Å²) >= 11 is 1.56. The lowest BCUT2D eigenvalue weighted by molar-refractivity contribution is -0.139. The third-order valence-corrected chi connectivity index (χ3v) is 6.51. The van der Waals surface area contributed by atoms with Crippen molar-refractivity contribution in [3.8, 4) is 5.75 Å². The Kier molecular flexibility index (Phi) is 10.2. The van der Waals surface area contributed by atoms with Gasteiger partial charge in [0.15, 0.2) is 0 Å². The molecule has 0 heterocycles. The number of rotatable bonds is 12. The molecule has 184 valence electrons. The van der Waals surface area contributed by atoms with E-state index in [2.05, 4.69) is 17.4 Å². The summed E-state index contributed by atoms with van der Waals surface area (Å²) < 4.78 is 5.38. The number of carbonyl (C=O) groups is 2. The van der Waals surface area contributed by atoms with Crippen LogP contribution in [-0.4, -0.2) is 41.7 Å². The van der Waals surface area contributed by atoms with Crippen molar-refractivity contribution in [1.29, 1.82) is 0 Å². The van der Waals surface area contributed by atoms with Gasteiger partial charge < -0.3 is 15.0 Å². The van der Waals surface area contributed by atoms with E-state index in [4.69, 9.17) is 4.74 Å². The SMILES string of the molecule is COc1cccc(CN(C(=O)CSCc2ccccc2)C(Cc2ccccc2)C(=O)NC(C)C)c1. The molecule has 0 saturated heterocycles. The molecule has 35 heavy (non-hydrogen) atoms. The first-order valence-corrected chi connectivity index (χ1v) is 13.0. The Morgan fingerprint density at radius 3 is 2.14 bits per heavy atom. The van der Waals surface area contributed by atoms with Crippen LogP contribution in [0.4, 0.5) is 0 Å². The fourth-order valence-corrected chi connectivity index (χ4v) is 4.69. The maximum Gasteiger partial charge on any atom is 0.243 e. The molecule has 0 saturated carbocycles. The van der Waals surface area contributed by atoms with Gasteiger partial charge in [0.2, 0.25) is 11.8 Å². The van der Waals surface area contributed by atoms with Gasteiger partial charge in [-0.2, -0.15) is 0 Å². The van der Waals surface area contributed by atoms with Crippen LogP contribution in [0, 0.1) is 0 Å². The Labute approximate surface area is 212 Å². The molecule has 3 aromatic rings. The minimum atomic E-state index is -0.629. The molecule has 0 fully saturated rings. The van der Waals surface area contributed by atoms with Gasteiger partial charge in [-0.25, -0.2) is 0 Å². The van der Waals surface area contributed by atoms with Crippen molar-refractivity contribution in [2.45, 2.75) is 44.6 Å². The molecule has 5 nitrogen and oxygen atoms in total. The highest BCUT2D eigenvalue weighted by molar-refractivity contribution is 7.99. The maximum absolute atomic E-state index is 13.6. The Morgan fingerprint density at radius 1 is 0.886 bits per heavy atom. The van der Waals surface area contributed by atoms with Gasteiger partial charge in [0.25, 0.3) is 0 Å². The zero-order valence-electron chi connectivity index (χ0n) is 20.6. The first-order chi connectivity index (χ1) is 17.0. The van der Waals surface area contributed by atoms with Crippen molar-refractivity contribution in [2.24, 2.45) is 0 Å². The molecule has 0 radical (unpaired) electrons. The number of ether oxygens (including phenoxy) is 1. The van der Waals surface area contributed by atoms with E-state index in [1.165, 1.54) is 5.56 Å². The quantitative estimate of drug-likeness (QED) is 0.384. The molecule has 6 heteroatoms. The van der Waals surface area contributed by atoms with Crippen molar-refractivity contribution in [2.75, 3.05) is 12.9 Å². The number of benzene rings is 3. The molecule has 3 rings (SSSR count). The normalized spacial score (nSPS) is 11.7. The topological polar surface area (TPSA) is 58.6 Å². The number of thioether (sulfide) groups is 1. The highest BCUT2D eigenvalue weighted by Crippen LogP contribution is 2.20. The average Bonchev–Trinajstić information content (AvgIpc) is 2.87. The summed E-state index contributed by atoms with van der Waals surface area (Å²) in [5.74, 6) is 1.54. The number of amides is 2. The van der Waals surface area contributed by atoms with Crippen LogP contribution in [0.3, 0.4) is 0 Å². The summed E-state index contributed by atoms with van der Waals surface area (Å²) in [5, 5.41) is 3.02. The number of hydrogen-bond donors (Lipinski definition) is 1. The van der Waals surface area contributed by atoms with Gasteiger partial charge in [-0.3, -0.25) is 9.59 Å². The lowest BCUT2D eigenvalue weighted by Crippen LogP contribution is -2.52. The lowest BCUT2D eigenvalue weighted by Gasteiger charge is -2.32. The van der Waals surface area contributed by atoms with Crippen LogP contribution < -0.4 is 10.1 Å². The van der Waals surface area contributed by atoms with Crippen molar-refractivity contribution in [3.05, 3.63) is 102 Å². The molecule has 0 spiro atoms. The highest BCUT2D eigenvalue weighted by atomic mass is 32.2. The van der Waals surface area contributed by atoms with Gasteiger partial charge in [0.05, 0.1) is 12.9 Å². The zero-order chi connectivity index (χ0) is 25.0. The predicted molar refractivity (Wildman–Crippen MR) is 143 cm³/mol. The lowest BCUT2D eigenvalue weighted by atomic mass is 10.0. The summed E-state index contributed by atoms with van der Waals surface area (Å²) in [6.45, 7) is 4.19. The summed E-state index contributed by atoms with van der Waals surface area (Å²) in [4.78, 5) is 28.7. The van der Waals surface area contributed by atoms with Crippen LogP contribution in [0.25, 0.3) is 0 Å². The van der Waals surface area contributed by atoms with E-state index < -0.39 is 6.04 Å². The minimum Gasteiger partial charge on any atom is -0.497 e. The van der Waals surface area contributed by atoms with Crippen molar-refractivity contribution in [1.82, 2.24) is 10.2 Å². The zero-order valence-corrected chi connectivity index (χ0v) is 21.5. The van der Waals surface area contributed by atoms with Crippen LogP contribution >= 0.6 is 11.8 Å². The highest BCUT2D eigenvalue weighted by Gasteiger charge is 2.30. The van der Waals surface area contributed by atoms with Crippen LogP contribution in [0.15, 0.2) is 84.9 Å². The predicted octanol–water partition coefficient (Wildman–Crippen LogP) is 5.09. The first kappa shape index (κ1) is 26.4. The van der Waals surface area contributed by atoms with Gasteiger partial charge in [-0.1, -0.05) is 72.8 Å². The fourth-order valence-electron chi connectivity index (χ4n) is 3.82. The molecule has 0 aliphatic carbocycles. The van der Waals surface area contributed by atoms with Crippen LogP contribution in [-0.2, 0) is 28.3 Å². The average molecular weight is 491 g/mol. The Hall–Kier alpha value is -3.25. The minimum absolute atomic E-state index is 0.0259. The second-order valence-electron chi connectivity index (χ2n) is 8.72. The smallest absolute Gasteiger partial charge is 0.243 e. The first-order valence-electron chi connectivity index (χ1n) is 11.8. The monoisotopic (exact) mass is 490 g/mol. The maximum atomic E-state index is 13.6. The third kappa shape index (κ3) is 8.48. The Morgan fingerprint density at radius 2 is 1.51 bits per heavy atom. The van der Waals surface area contributed by atoms with Crippen LogP contribution in [0.5, 0.6) is 5.75 Å². The van der Waals surface area contributed by atoms with E-state index in [1.54, 1.807) is 23.8 Å². The number of methoxy groups -OCH3 is 1. The number of hydrogen-bond acceptors (Lipinski definition) is 4. The van der Waals surface area contributed by atoms with E-state index >= 15 is 0 Å². The molecule has 1 N–H and O–H groups in total. The van der Waals surface area contributed by atoms with E-state index in [9.17, 15) is 9.59 Å². The van der Waals surface area contributed by atoms with Crippen LogP contribution in [0.2, 0.25) is 0 Å². The second-order valence-corrected chi connectivity index (χ2v) is 9.71. The van der Waals surface area contributed by atoms with Gasteiger partial charge in [0, 0.05) is 24.8 Å². The molecule has 0 aliphatic heterocycles. The second kappa shape index (κ2) is 13.6. The van der Waals surface area contributed by atoms with E-state index in [-0.39, 0.29) is 17.9 Å². The van der Waals surface area contributed by atoms with Gasteiger partial charge in [-0.15, -0.1) is 11.8 Å². The summed E-state index contributed by atoms with van der Waals surface area (Å²) in [5.41, 5.74) is 3.10. The summed E-state index contributed by atoms with van der Waals surface area (Å²) in [6.07, 6.45) is 0.443. The molecular weight excluding hydrogens is 456 g/mol. The summed E-state index contributed by atoms with van der Waals surface area (Å²) in [7, 11) is 1.62. The Bertz CT molecular complexity index is 1070. The summed E-state index contributed by atoms with van der Waals surface area (Å²) in [6, 6.07) is 26.9. The molecule has 0 aromatic heterocycles. The van der Waals surface area contributed by atoms with Crippen LogP contribution in [0.1, 0.15) is 30.5 Å². The molecule has 0 aliphatic rings. The number of carbonyl (C=O) groups excluding carboxylic acids is 2. The molecule has 2 amide bonds. The number of nitrogens with zero attached hydrogens (tertiary/aromatic N) is 1. The van der Waals surface area contributed by atoms with E-state index in [0.717, 1.165) is 22.6 Å². The van der Waals surface area contributed by atoms with Crippen molar-refractivity contribution >= 4 is 23.6 Å². The van der Waals surface area contributed by atoms with E-state index in [1.807, 2.05) is 86.6 Å².